The number of benzene rings is 2. The molecule has 8 nitrogen and oxygen atoms in total. The van der Waals surface area contributed by atoms with Crippen LogP contribution in [0.4, 0.5) is 0 Å². The zero-order chi connectivity index (χ0) is 22.0. The highest BCUT2D eigenvalue weighted by molar-refractivity contribution is 6.30. The minimum absolute atomic E-state index is 0.208. The van der Waals surface area contributed by atoms with Crippen LogP contribution in [0.5, 0.6) is 11.6 Å². The Bertz CT molecular complexity index is 1300. The van der Waals surface area contributed by atoms with Crippen LogP contribution in [0.15, 0.2) is 59.4 Å². The predicted octanol–water partition coefficient (Wildman–Crippen LogP) is 3.58. The molecule has 0 radical (unpaired) electrons. The van der Waals surface area contributed by atoms with Crippen molar-refractivity contribution in [2.75, 3.05) is 7.11 Å². The van der Waals surface area contributed by atoms with Gasteiger partial charge in [-0.05, 0) is 53.2 Å². The maximum absolute atomic E-state index is 12.3. The zero-order valence-corrected chi connectivity index (χ0v) is 18.0. The highest BCUT2D eigenvalue weighted by Crippen LogP contribution is 2.32. The molecule has 0 saturated heterocycles. The smallest absolute Gasteiger partial charge is 0.368 e. The van der Waals surface area contributed by atoms with Gasteiger partial charge in [0, 0.05) is 29.3 Å². The molecule has 0 bridgehead atoms. The van der Waals surface area contributed by atoms with E-state index in [-0.39, 0.29) is 12.3 Å². The Hall–Kier alpha value is -3.65. The molecular formula is C22H20ClN5O3. The van der Waals surface area contributed by atoms with E-state index < -0.39 is 0 Å². The van der Waals surface area contributed by atoms with Crippen molar-refractivity contribution < 1.29 is 9.47 Å². The number of ether oxygens (including phenoxy) is 2. The first-order chi connectivity index (χ1) is 15.0. The number of halogens is 1. The van der Waals surface area contributed by atoms with Crippen LogP contribution < -0.4 is 15.2 Å². The second kappa shape index (κ2) is 8.61. The average molecular weight is 438 g/mol. The fraction of sp³-hybridized carbons (Fsp3) is 0.182. The number of nitrogens with zero attached hydrogens (tertiary/aromatic N) is 5. The van der Waals surface area contributed by atoms with Gasteiger partial charge in [0.2, 0.25) is 5.88 Å². The Balaban J connectivity index is 1.64. The molecule has 0 N–H and O–H groups in total. The van der Waals surface area contributed by atoms with Crippen molar-refractivity contribution in [3.8, 4) is 28.6 Å². The molecule has 158 valence electrons. The lowest BCUT2D eigenvalue weighted by molar-refractivity contribution is 0.293. The number of aryl methyl sites for hydroxylation is 2. The van der Waals surface area contributed by atoms with Crippen molar-refractivity contribution in [2.45, 2.75) is 13.5 Å². The quantitative estimate of drug-likeness (QED) is 0.458. The minimum Gasteiger partial charge on any atom is -0.496 e. The molecule has 2 heterocycles. The van der Waals surface area contributed by atoms with Gasteiger partial charge in [0.1, 0.15) is 12.4 Å². The summed E-state index contributed by atoms with van der Waals surface area (Å²) in [6.45, 7) is 2.16. The first-order valence-corrected chi connectivity index (χ1v) is 9.87. The highest BCUT2D eigenvalue weighted by atomic mass is 35.5. The standard InChI is InChI=1S/C22H20ClN5O3/c1-14-6-4-8-19(28-22(29)27(2)25-26-28)17(14)13-31-21-9-5-7-18(24-21)16-11-10-15(23)12-20(16)30-3/h4-12H,13H2,1-3H3. The lowest BCUT2D eigenvalue weighted by Crippen LogP contribution is -2.23. The summed E-state index contributed by atoms with van der Waals surface area (Å²) in [5.41, 5.74) is 3.57. The van der Waals surface area contributed by atoms with E-state index in [0.29, 0.717) is 28.0 Å². The molecule has 0 aliphatic carbocycles. The van der Waals surface area contributed by atoms with E-state index in [4.69, 9.17) is 21.1 Å². The molecule has 2 aromatic heterocycles. The minimum atomic E-state index is -0.332. The van der Waals surface area contributed by atoms with Crippen molar-refractivity contribution in [1.29, 1.82) is 0 Å². The van der Waals surface area contributed by atoms with Gasteiger partial charge >= 0.3 is 5.69 Å². The molecule has 31 heavy (non-hydrogen) atoms. The summed E-state index contributed by atoms with van der Waals surface area (Å²) in [4.78, 5) is 16.9. The van der Waals surface area contributed by atoms with Crippen molar-refractivity contribution in [1.82, 2.24) is 24.8 Å². The Labute approximate surface area is 183 Å². The van der Waals surface area contributed by atoms with Gasteiger partial charge in [-0.25, -0.2) is 9.78 Å². The second-order valence-corrected chi connectivity index (χ2v) is 7.30. The number of aromatic nitrogens is 5. The molecule has 2 aromatic carbocycles. The first-order valence-electron chi connectivity index (χ1n) is 9.49. The lowest BCUT2D eigenvalue weighted by atomic mass is 10.1. The van der Waals surface area contributed by atoms with Crippen LogP contribution in [-0.2, 0) is 13.7 Å². The van der Waals surface area contributed by atoms with Crippen LogP contribution in [0.3, 0.4) is 0 Å². The van der Waals surface area contributed by atoms with Crippen LogP contribution in [-0.4, -0.2) is 31.9 Å². The number of rotatable bonds is 6. The molecule has 0 amide bonds. The highest BCUT2D eigenvalue weighted by Gasteiger charge is 2.14. The molecule has 0 spiro atoms. The maximum atomic E-state index is 12.3. The van der Waals surface area contributed by atoms with Crippen LogP contribution in [0.2, 0.25) is 5.02 Å². The van der Waals surface area contributed by atoms with Gasteiger partial charge in [0.15, 0.2) is 0 Å². The largest absolute Gasteiger partial charge is 0.496 e. The maximum Gasteiger partial charge on any atom is 0.368 e. The summed E-state index contributed by atoms with van der Waals surface area (Å²) in [7, 11) is 3.14. The van der Waals surface area contributed by atoms with E-state index in [1.165, 1.54) is 9.36 Å². The topological polar surface area (TPSA) is 84.1 Å². The molecule has 0 saturated carbocycles. The Morgan fingerprint density at radius 3 is 2.61 bits per heavy atom. The molecule has 0 aliphatic rings. The summed E-state index contributed by atoms with van der Waals surface area (Å²) >= 11 is 6.06. The number of methoxy groups -OCH3 is 1. The normalized spacial score (nSPS) is 10.8. The molecule has 0 fully saturated rings. The van der Waals surface area contributed by atoms with E-state index in [1.54, 1.807) is 32.4 Å². The van der Waals surface area contributed by atoms with Gasteiger partial charge in [-0.1, -0.05) is 29.8 Å². The fourth-order valence-electron chi connectivity index (χ4n) is 3.21. The summed E-state index contributed by atoms with van der Waals surface area (Å²) in [5, 5.41) is 8.32. The molecule has 4 aromatic rings. The van der Waals surface area contributed by atoms with E-state index in [0.717, 1.165) is 16.7 Å². The van der Waals surface area contributed by atoms with Crippen LogP contribution in [0, 0.1) is 6.92 Å². The number of hydrogen-bond donors (Lipinski definition) is 0. The summed E-state index contributed by atoms with van der Waals surface area (Å²) in [6.07, 6.45) is 0. The zero-order valence-electron chi connectivity index (χ0n) is 17.2. The van der Waals surface area contributed by atoms with Gasteiger partial charge < -0.3 is 9.47 Å². The van der Waals surface area contributed by atoms with Crippen LogP contribution in [0.25, 0.3) is 16.9 Å². The SMILES string of the molecule is COc1cc(Cl)ccc1-c1cccc(OCc2c(C)cccc2-n2nnn(C)c2=O)n1. The monoisotopic (exact) mass is 437 g/mol. The molecule has 0 atom stereocenters. The van der Waals surface area contributed by atoms with Crippen molar-refractivity contribution in [3.63, 3.8) is 0 Å². The van der Waals surface area contributed by atoms with Crippen molar-refractivity contribution in [3.05, 3.63) is 81.2 Å². The van der Waals surface area contributed by atoms with Crippen molar-refractivity contribution in [2.24, 2.45) is 7.05 Å². The Kier molecular flexibility index (Phi) is 5.73. The van der Waals surface area contributed by atoms with E-state index in [1.807, 2.05) is 43.3 Å². The lowest BCUT2D eigenvalue weighted by Gasteiger charge is -2.13. The molecule has 0 unspecified atom stereocenters. The third kappa shape index (κ3) is 4.15. The summed E-state index contributed by atoms with van der Waals surface area (Å²) < 4.78 is 13.9. The van der Waals surface area contributed by atoms with Gasteiger partial charge in [0.25, 0.3) is 0 Å². The second-order valence-electron chi connectivity index (χ2n) is 6.86. The molecule has 0 aliphatic heterocycles. The molecular weight excluding hydrogens is 418 g/mol. The number of hydrogen-bond acceptors (Lipinski definition) is 6. The van der Waals surface area contributed by atoms with E-state index >= 15 is 0 Å². The van der Waals surface area contributed by atoms with Crippen LogP contribution in [0.1, 0.15) is 11.1 Å². The number of tetrazole rings is 1. The predicted molar refractivity (Wildman–Crippen MR) is 117 cm³/mol. The molecule has 9 heteroatoms. The van der Waals surface area contributed by atoms with Gasteiger partial charge in [-0.15, -0.1) is 0 Å². The number of pyridine rings is 1. The van der Waals surface area contributed by atoms with Gasteiger partial charge in [-0.3, -0.25) is 0 Å². The van der Waals surface area contributed by atoms with Crippen LogP contribution >= 0.6 is 11.6 Å². The third-order valence-electron chi connectivity index (χ3n) is 4.86. The van der Waals surface area contributed by atoms with Gasteiger partial charge in [-0.2, -0.15) is 9.36 Å². The van der Waals surface area contributed by atoms with Crippen molar-refractivity contribution >= 4 is 11.6 Å². The fourth-order valence-corrected chi connectivity index (χ4v) is 3.37. The average Bonchev–Trinajstić information content (AvgIpc) is 3.11. The van der Waals surface area contributed by atoms with E-state index in [2.05, 4.69) is 15.4 Å². The third-order valence-corrected chi connectivity index (χ3v) is 5.10. The van der Waals surface area contributed by atoms with Gasteiger partial charge in [0.05, 0.1) is 18.5 Å². The Morgan fingerprint density at radius 1 is 1.06 bits per heavy atom. The Morgan fingerprint density at radius 2 is 1.87 bits per heavy atom. The first kappa shape index (κ1) is 20.6. The summed E-state index contributed by atoms with van der Waals surface area (Å²) in [6, 6.07) is 16.5. The summed E-state index contributed by atoms with van der Waals surface area (Å²) in [5.74, 6) is 1.07. The molecule has 4 rings (SSSR count). The van der Waals surface area contributed by atoms with E-state index in [9.17, 15) is 4.79 Å².